The molecule has 2 aromatic carbocycles. The highest BCUT2D eigenvalue weighted by molar-refractivity contribution is 6.35. The maximum absolute atomic E-state index is 6.48. The van der Waals surface area contributed by atoms with E-state index in [0.29, 0.717) is 29.7 Å². The molecule has 3 rings (SSSR count). The predicted octanol–water partition coefficient (Wildman–Crippen LogP) is 5.71. The van der Waals surface area contributed by atoms with Gasteiger partial charge in [-0.2, -0.15) is 0 Å². The minimum Gasteiger partial charge on any atom is -0.386 e. The van der Waals surface area contributed by atoms with Gasteiger partial charge in [-0.05, 0) is 44.8 Å². The summed E-state index contributed by atoms with van der Waals surface area (Å²) in [5.74, 6) is 1.12. The summed E-state index contributed by atoms with van der Waals surface area (Å²) < 4.78 is 0. The van der Waals surface area contributed by atoms with Crippen LogP contribution in [0.15, 0.2) is 71.4 Å². The second-order valence-corrected chi connectivity index (χ2v) is 8.95. The van der Waals surface area contributed by atoms with Gasteiger partial charge in [-0.15, -0.1) is 0 Å². The molecule has 1 aliphatic heterocycles. The number of halogens is 2. The van der Waals surface area contributed by atoms with Crippen LogP contribution < -0.4 is 27.0 Å². The van der Waals surface area contributed by atoms with Gasteiger partial charge in [0, 0.05) is 58.0 Å². The number of benzene rings is 2. The molecule has 1 aliphatic rings. The molecule has 0 aromatic heterocycles. The van der Waals surface area contributed by atoms with Crippen molar-refractivity contribution in [2.75, 3.05) is 38.5 Å². The van der Waals surface area contributed by atoms with Crippen LogP contribution in [-0.4, -0.2) is 39.1 Å². The molecule has 2 unspecified atom stereocenters. The fourth-order valence-electron chi connectivity index (χ4n) is 3.83. The summed E-state index contributed by atoms with van der Waals surface area (Å²) in [5.41, 5.74) is 10.1. The molecule has 1 heterocycles. The second kappa shape index (κ2) is 16.3. The van der Waals surface area contributed by atoms with Crippen LogP contribution in [0.1, 0.15) is 44.5 Å². The number of nitrogens with one attached hydrogen (secondary N) is 4. The number of hydrogen-bond donors (Lipinski definition) is 5. The van der Waals surface area contributed by atoms with E-state index >= 15 is 0 Å². The van der Waals surface area contributed by atoms with Gasteiger partial charge in [0.2, 0.25) is 0 Å². The minimum absolute atomic E-state index is 0.205. The lowest BCUT2D eigenvalue weighted by Crippen LogP contribution is -2.39. The highest BCUT2D eigenvalue weighted by Gasteiger charge is 2.24. The number of rotatable bonds is 11. The average molecular weight is 532 g/mol. The predicted molar refractivity (Wildman–Crippen MR) is 157 cm³/mol. The molecule has 0 spiro atoms. The topological polar surface area (TPSA) is 86.5 Å². The highest BCUT2D eigenvalue weighted by atomic mass is 35.5. The first kappa shape index (κ1) is 29.7. The van der Waals surface area contributed by atoms with Gasteiger partial charge in [-0.25, -0.2) is 0 Å². The zero-order chi connectivity index (χ0) is 26.3. The molecule has 36 heavy (non-hydrogen) atoms. The van der Waals surface area contributed by atoms with E-state index in [0.717, 1.165) is 41.3 Å². The molecule has 0 saturated carbocycles. The third-order valence-electron chi connectivity index (χ3n) is 5.55. The molecule has 0 fully saturated rings. The molecular formula is C28H40Cl2N6. The number of aliphatic imine (C=N–C) groups is 1. The Labute approximate surface area is 226 Å². The largest absolute Gasteiger partial charge is 0.386 e. The summed E-state index contributed by atoms with van der Waals surface area (Å²) in [7, 11) is 1.94. The van der Waals surface area contributed by atoms with E-state index in [1.807, 2.05) is 58.2 Å². The fraction of sp³-hybridized carbons (Fsp3) is 0.393. The Morgan fingerprint density at radius 1 is 1.17 bits per heavy atom. The molecular weight excluding hydrogens is 491 g/mol. The number of para-hydroxylation sites is 1. The highest BCUT2D eigenvalue weighted by Crippen LogP contribution is 2.31. The molecule has 0 radical (unpaired) electrons. The van der Waals surface area contributed by atoms with Gasteiger partial charge in [0.25, 0.3) is 0 Å². The first-order valence-electron chi connectivity index (χ1n) is 12.6. The minimum atomic E-state index is -0.205. The molecule has 6 N–H and O–H groups in total. The quantitative estimate of drug-likeness (QED) is 0.189. The second-order valence-electron chi connectivity index (χ2n) is 8.11. The van der Waals surface area contributed by atoms with Crippen molar-refractivity contribution in [3.63, 3.8) is 0 Å². The van der Waals surface area contributed by atoms with Crippen molar-refractivity contribution in [2.45, 2.75) is 33.4 Å². The van der Waals surface area contributed by atoms with Crippen molar-refractivity contribution >= 4 is 34.7 Å². The van der Waals surface area contributed by atoms with Gasteiger partial charge in [-0.1, -0.05) is 73.5 Å². The Morgan fingerprint density at radius 2 is 1.94 bits per heavy atom. The molecule has 0 aliphatic carbocycles. The van der Waals surface area contributed by atoms with Crippen LogP contribution in [0.25, 0.3) is 0 Å². The SMILES string of the molecule is C/C=C\C/C(=C\C(CN)CNC)NCCN=C1NC(c2ccc(Cl)cc2Cl)Nc2ccccc21.CC. The van der Waals surface area contributed by atoms with Crippen molar-refractivity contribution in [1.82, 2.24) is 16.0 Å². The Hall–Kier alpha value is -2.51. The lowest BCUT2D eigenvalue weighted by atomic mass is 10.1. The molecule has 2 atom stereocenters. The number of nitrogens with two attached hydrogens (primary N) is 1. The van der Waals surface area contributed by atoms with Crippen LogP contribution in [0.5, 0.6) is 0 Å². The lowest BCUT2D eigenvalue weighted by Gasteiger charge is -2.31. The molecule has 0 bridgehead atoms. The zero-order valence-electron chi connectivity index (χ0n) is 21.7. The third-order valence-corrected chi connectivity index (χ3v) is 6.11. The van der Waals surface area contributed by atoms with E-state index in [1.54, 1.807) is 6.07 Å². The number of anilines is 1. The molecule has 2 aromatic rings. The molecule has 6 nitrogen and oxygen atoms in total. The first-order chi connectivity index (χ1) is 17.5. The van der Waals surface area contributed by atoms with Crippen LogP contribution in [0.4, 0.5) is 5.69 Å². The van der Waals surface area contributed by atoms with Crippen LogP contribution in [-0.2, 0) is 0 Å². The van der Waals surface area contributed by atoms with E-state index in [9.17, 15) is 0 Å². The van der Waals surface area contributed by atoms with E-state index in [1.165, 1.54) is 0 Å². The van der Waals surface area contributed by atoms with Gasteiger partial charge in [0.15, 0.2) is 0 Å². The molecule has 0 saturated heterocycles. The van der Waals surface area contributed by atoms with Crippen LogP contribution in [0.3, 0.4) is 0 Å². The number of amidine groups is 1. The Balaban J connectivity index is 0.00000222. The molecule has 196 valence electrons. The number of fused-ring (bicyclic) bond motifs is 1. The van der Waals surface area contributed by atoms with Gasteiger partial charge < -0.3 is 27.0 Å². The summed E-state index contributed by atoms with van der Waals surface area (Å²) in [6, 6.07) is 13.7. The van der Waals surface area contributed by atoms with Crippen molar-refractivity contribution in [3.05, 3.63) is 87.6 Å². The number of allylic oxidation sites excluding steroid dienone is 2. The molecule has 0 amide bonds. The van der Waals surface area contributed by atoms with E-state index in [-0.39, 0.29) is 12.1 Å². The van der Waals surface area contributed by atoms with Crippen molar-refractivity contribution in [2.24, 2.45) is 16.6 Å². The fourth-order valence-corrected chi connectivity index (χ4v) is 4.35. The standard InChI is InChI=1S/C26H34Cl2N6.C2H6/c1-3-4-7-20(14-18(16-29)17-30-2)31-12-13-32-25-22-8-5-6-9-24(22)33-26(34-25)21-11-10-19(27)15-23(21)28;1-2/h3-6,8-11,14-15,18,26,30-31,33H,7,12-13,16-17,29H2,1-2H3,(H,32,34);1-2H3/b4-3-,20-14+;. The van der Waals surface area contributed by atoms with E-state index < -0.39 is 0 Å². The van der Waals surface area contributed by atoms with Gasteiger partial charge in [0.05, 0.1) is 6.54 Å². The van der Waals surface area contributed by atoms with Crippen molar-refractivity contribution < 1.29 is 0 Å². The number of hydrogen-bond acceptors (Lipinski definition) is 5. The van der Waals surface area contributed by atoms with Crippen LogP contribution >= 0.6 is 23.2 Å². The van der Waals surface area contributed by atoms with Crippen molar-refractivity contribution in [3.8, 4) is 0 Å². The maximum atomic E-state index is 6.48. The maximum Gasteiger partial charge on any atom is 0.132 e. The van der Waals surface area contributed by atoms with Crippen LogP contribution in [0, 0.1) is 5.92 Å². The third kappa shape index (κ3) is 8.86. The Morgan fingerprint density at radius 3 is 2.64 bits per heavy atom. The molecule has 8 heteroatoms. The average Bonchev–Trinajstić information content (AvgIpc) is 2.90. The Kier molecular flexibility index (Phi) is 13.4. The zero-order valence-corrected chi connectivity index (χ0v) is 23.3. The normalized spacial score (nSPS) is 17.0. The number of nitrogens with zero attached hydrogens (tertiary/aromatic N) is 1. The Bertz CT molecular complexity index is 1030. The summed E-state index contributed by atoms with van der Waals surface area (Å²) in [6.07, 6.45) is 7.06. The van der Waals surface area contributed by atoms with E-state index in [4.69, 9.17) is 33.9 Å². The smallest absolute Gasteiger partial charge is 0.132 e. The van der Waals surface area contributed by atoms with Gasteiger partial charge in [-0.3, -0.25) is 4.99 Å². The van der Waals surface area contributed by atoms with Crippen molar-refractivity contribution in [1.29, 1.82) is 0 Å². The van der Waals surface area contributed by atoms with Gasteiger partial charge in [0.1, 0.15) is 12.0 Å². The first-order valence-corrected chi connectivity index (χ1v) is 13.3. The summed E-state index contributed by atoms with van der Waals surface area (Å²) in [6.45, 7) is 8.81. The summed E-state index contributed by atoms with van der Waals surface area (Å²) >= 11 is 12.6. The van der Waals surface area contributed by atoms with E-state index in [2.05, 4.69) is 45.6 Å². The van der Waals surface area contributed by atoms with Gasteiger partial charge >= 0.3 is 0 Å². The lowest BCUT2D eigenvalue weighted by molar-refractivity contribution is 0.597. The summed E-state index contributed by atoms with van der Waals surface area (Å²) in [5, 5.41) is 15.0. The van der Waals surface area contributed by atoms with Crippen LogP contribution in [0.2, 0.25) is 10.0 Å². The summed E-state index contributed by atoms with van der Waals surface area (Å²) in [4.78, 5) is 4.89. The monoisotopic (exact) mass is 530 g/mol.